The zero-order chi connectivity index (χ0) is 36.3. The molecule has 0 N–H and O–H groups in total. The standard InChI is InChI=1S/C45H28BN3O.H6P4/c1-2-13-31(14-3-1)48-39-25-22-30(46-36-16-6-5-15-34(36)45-37(46)26-29-12-4-7-17-38(29)47-45)27-35(39)33-24-23-32(28-42(33)48)49-40-18-8-10-20-43(40)50-44-21-11-9-19-41(44)49;1-4(2)3/h1-28H;1-3H2. The van der Waals surface area contributed by atoms with Crippen molar-refractivity contribution >= 4 is 107 Å². The summed E-state index contributed by atoms with van der Waals surface area (Å²) >= 11 is 0. The van der Waals surface area contributed by atoms with Gasteiger partial charge >= 0.3 is 0 Å². The normalized spacial score (nSPS) is 12.6. The largest absolute Gasteiger partial charge is 0.453 e. The molecule has 0 saturated carbocycles. The molecule has 9 aromatic rings. The molecule has 11 rings (SSSR count). The fourth-order valence-electron chi connectivity index (χ4n) is 8.24. The third-order valence-electron chi connectivity index (χ3n) is 10.4. The van der Waals surface area contributed by atoms with Crippen LogP contribution in [0.4, 0.5) is 17.1 Å². The highest BCUT2D eigenvalue weighted by atomic mass is 32.7. The first-order valence-electron chi connectivity index (χ1n) is 17.9. The smallest absolute Gasteiger partial charge is 0.244 e. The van der Waals surface area contributed by atoms with Gasteiger partial charge in [0, 0.05) is 22.1 Å². The molecule has 0 amide bonds. The first-order valence-corrected chi connectivity index (χ1v) is 24.1. The van der Waals surface area contributed by atoms with Gasteiger partial charge in [0.05, 0.1) is 33.6 Å². The van der Waals surface area contributed by atoms with Crippen LogP contribution in [0.25, 0.3) is 49.7 Å². The van der Waals surface area contributed by atoms with Crippen molar-refractivity contribution in [3.63, 3.8) is 0 Å². The Balaban J connectivity index is 0.000000863. The minimum absolute atomic E-state index is 0.0958. The second-order valence-electron chi connectivity index (χ2n) is 13.6. The molecule has 4 nitrogen and oxygen atoms in total. The molecule has 0 fully saturated rings. The van der Waals surface area contributed by atoms with E-state index in [1.807, 2.05) is 24.3 Å². The summed E-state index contributed by atoms with van der Waals surface area (Å²) in [6.45, 7) is 0.225. The third kappa shape index (κ3) is 5.66. The van der Waals surface area contributed by atoms with Crippen molar-refractivity contribution in [2.45, 2.75) is 0 Å². The van der Waals surface area contributed by atoms with Crippen LogP contribution in [0.3, 0.4) is 0 Å². The van der Waals surface area contributed by atoms with Gasteiger partial charge in [-0.2, -0.15) is 0 Å². The van der Waals surface area contributed by atoms with Crippen molar-refractivity contribution in [2.24, 2.45) is 0 Å². The Bertz CT molecular complexity index is 2850. The number of pyridine rings is 1. The molecule has 0 spiro atoms. The van der Waals surface area contributed by atoms with Gasteiger partial charge < -0.3 is 14.2 Å². The first kappa shape index (κ1) is 33.7. The molecule has 2 aromatic heterocycles. The highest BCUT2D eigenvalue weighted by molar-refractivity contribution is 8.65. The molecule has 2 aliphatic heterocycles. The molecule has 9 heteroatoms. The maximum Gasteiger partial charge on any atom is 0.244 e. The van der Waals surface area contributed by atoms with Gasteiger partial charge in [-0.25, -0.2) is 4.98 Å². The molecule has 0 radical (unpaired) electrons. The molecule has 7 aromatic carbocycles. The summed E-state index contributed by atoms with van der Waals surface area (Å²) < 4.78 is 8.75. The Hall–Kier alpha value is -4.87. The van der Waals surface area contributed by atoms with E-state index in [0.717, 1.165) is 51.0 Å². The fourth-order valence-corrected chi connectivity index (χ4v) is 8.24. The van der Waals surface area contributed by atoms with Crippen molar-refractivity contribution in [3.8, 4) is 28.4 Å². The number of hydrogen-bond donors (Lipinski definition) is 0. The molecule has 3 unspecified atom stereocenters. The number of anilines is 3. The summed E-state index contributed by atoms with van der Waals surface area (Å²) in [5, 5.41) is 3.62. The molecule has 2 aliphatic rings. The minimum atomic E-state index is 0.0958. The number of hydrogen-bond acceptors (Lipinski definition) is 3. The van der Waals surface area contributed by atoms with Crippen LogP contribution in [0.1, 0.15) is 0 Å². The number of para-hydroxylation sites is 6. The highest BCUT2D eigenvalue weighted by Gasteiger charge is 2.35. The lowest BCUT2D eigenvalue weighted by molar-refractivity contribution is 0.477. The molecule has 0 aliphatic carbocycles. The molecule has 3 atom stereocenters. The number of benzene rings is 7. The van der Waals surface area contributed by atoms with E-state index in [-0.39, 0.29) is 13.7 Å². The summed E-state index contributed by atoms with van der Waals surface area (Å²) in [6, 6.07) is 60.7. The first-order chi connectivity index (χ1) is 26.5. The van der Waals surface area contributed by atoms with Crippen LogP contribution < -0.4 is 26.0 Å². The van der Waals surface area contributed by atoms with Crippen LogP contribution in [0.15, 0.2) is 170 Å². The van der Waals surface area contributed by atoms with Crippen LogP contribution in [0.5, 0.6) is 11.5 Å². The van der Waals surface area contributed by atoms with Crippen molar-refractivity contribution in [2.75, 3.05) is 4.90 Å². The van der Waals surface area contributed by atoms with Gasteiger partial charge in [0.1, 0.15) is 0 Å². The molecule has 54 heavy (non-hydrogen) atoms. The maximum atomic E-state index is 6.34. The van der Waals surface area contributed by atoms with Crippen LogP contribution in [-0.2, 0) is 0 Å². The van der Waals surface area contributed by atoms with Gasteiger partial charge in [-0.1, -0.05) is 120 Å². The summed E-state index contributed by atoms with van der Waals surface area (Å²) in [5.41, 5.74) is 13.8. The zero-order valence-corrected chi connectivity index (χ0v) is 33.5. The second kappa shape index (κ2) is 13.8. The summed E-state index contributed by atoms with van der Waals surface area (Å²) in [7, 11) is 7.94. The van der Waals surface area contributed by atoms with Crippen LogP contribution in [-0.4, -0.2) is 16.3 Å². The summed E-state index contributed by atoms with van der Waals surface area (Å²) in [5.74, 6) is 1.69. The minimum Gasteiger partial charge on any atom is -0.453 e. The summed E-state index contributed by atoms with van der Waals surface area (Å²) in [4.78, 5) is 7.51. The fraction of sp³-hybridized carbons (Fsp3) is 0. The number of ether oxygens (including phenoxy) is 1. The van der Waals surface area contributed by atoms with Crippen LogP contribution in [0, 0.1) is 0 Å². The second-order valence-corrected chi connectivity index (χ2v) is 25.2. The van der Waals surface area contributed by atoms with Crippen LogP contribution >= 0.6 is 33.8 Å². The maximum absolute atomic E-state index is 6.34. The average Bonchev–Trinajstić information content (AvgIpc) is 3.70. The Morgan fingerprint density at radius 3 is 1.98 bits per heavy atom. The lowest BCUT2D eigenvalue weighted by Gasteiger charge is -2.32. The van der Waals surface area contributed by atoms with E-state index in [1.54, 1.807) is 0 Å². The Labute approximate surface area is 322 Å². The van der Waals surface area contributed by atoms with E-state index in [9.17, 15) is 0 Å². The third-order valence-corrected chi connectivity index (χ3v) is 10.4. The van der Waals surface area contributed by atoms with Gasteiger partial charge in [-0.3, -0.25) is 0 Å². The molecular weight excluding hydrogens is 733 g/mol. The van der Waals surface area contributed by atoms with Gasteiger partial charge in [0.2, 0.25) is 6.71 Å². The van der Waals surface area contributed by atoms with Crippen molar-refractivity contribution in [3.05, 3.63) is 170 Å². The summed E-state index contributed by atoms with van der Waals surface area (Å²) in [6.07, 6.45) is 0. The Morgan fingerprint density at radius 2 is 1.20 bits per heavy atom. The Morgan fingerprint density at radius 1 is 0.537 bits per heavy atom. The topological polar surface area (TPSA) is 30.3 Å². The van der Waals surface area contributed by atoms with E-state index < -0.39 is 0 Å². The molecule has 4 heterocycles. The molecule has 0 bridgehead atoms. The van der Waals surface area contributed by atoms with Gasteiger partial charge in [-0.15, -0.1) is 26.8 Å². The van der Waals surface area contributed by atoms with Gasteiger partial charge in [0.25, 0.3) is 0 Å². The van der Waals surface area contributed by atoms with E-state index >= 15 is 0 Å². The van der Waals surface area contributed by atoms with E-state index in [1.165, 1.54) is 43.6 Å². The lowest BCUT2D eigenvalue weighted by Crippen LogP contribution is -2.48. The van der Waals surface area contributed by atoms with E-state index in [4.69, 9.17) is 9.72 Å². The van der Waals surface area contributed by atoms with Gasteiger partial charge in [-0.05, 0) is 84.1 Å². The van der Waals surface area contributed by atoms with Crippen molar-refractivity contribution in [1.82, 2.24) is 9.55 Å². The molecular formula is C45H34BN3OP4. The predicted octanol–water partition coefficient (Wildman–Crippen LogP) is 11.2. The average molecular weight is 767 g/mol. The Kier molecular flexibility index (Phi) is 8.59. The van der Waals surface area contributed by atoms with E-state index in [0.29, 0.717) is 0 Å². The number of fused-ring (bicyclic) bond motifs is 9. The predicted molar refractivity (Wildman–Crippen MR) is 243 cm³/mol. The molecule has 258 valence electrons. The van der Waals surface area contributed by atoms with Gasteiger partial charge in [0.15, 0.2) is 11.5 Å². The quantitative estimate of drug-likeness (QED) is 0.132. The van der Waals surface area contributed by atoms with E-state index in [2.05, 4.69) is 182 Å². The monoisotopic (exact) mass is 767 g/mol. The number of aromatic nitrogens is 2. The molecule has 0 saturated heterocycles. The van der Waals surface area contributed by atoms with Crippen molar-refractivity contribution in [1.29, 1.82) is 0 Å². The number of nitrogens with zero attached hydrogens (tertiary/aromatic N) is 3. The van der Waals surface area contributed by atoms with Crippen LogP contribution in [0.2, 0.25) is 0 Å². The SMILES string of the molecule is PP(P)P.c1ccc(-n2c3ccc(B4c5ccccc5-c5nc6ccccc6cc54)cc3c3ccc(N4c5ccccc5Oc5ccccc54)cc32)cc1. The number of rotatable bonds is 3. The zero-order valence-electron chi connectivity index (χ0n) is 29.2. The highest BCUT2D eigenvalue weighted by Crippen LogP contribution is 2.60. The lowest BCUT2D eigenvalue weighted by atomic mass is 9.39. The van der Waals surface area contributed by atoms with Crippen molar-refractivity contribution < 1.29 is 4.74 Å².